The summed E-state index contributed by atoms with van der Waals surface area (Å²) in [7, 11) is 0. The number of nitrogens with zero attached hydrogens (tertiary/aromatic N) is 3. The molecule has 0 N–H and O–H groups in total. The first-order valence-electron chi connectivity index (χ1n) is 7.87. The molecule has 0 amide bonds. The quantitative estimate of drug-likeness (QED) is 0.280. The van der Waals surface area contributed by atoms with E-state index in [1.807, 2.05) is 11.8 Å². The van der Waals surface area contributed by atoms with Gasteiger partial charge in [-0.25, -0.2) is 0 Å². The Bertz CT molecular complexity index is 582. The van der Waals surface area contributed by atoms with Crippen molar-refractivity contribution in [3.05, 3.63) is 15.6 Å². The molecule has 130 valence electrons. The maximum atomic E-state index is 5.59. The van der Waals surface area contributed by atoms with Gasteiger partial charge in [-0.2, -0.15) is 0 Å². The molecule has 1 aliphatic carbocycles. The summed E-state index contributed by atoms with van der Waals surface area (Å²) in [5.41, 5.74) is 1.26. The number of ether oxygens (including phenoxy) is 1. The molecule has 3 rings (SSSR count). The molecule has 2 atom stereocenters. The summed E-state index contributed by atoms with van der Waals surface area (Å²) in [5.74, 6) is 1.12. The Morgan fingerprint density at radius 1 is 1.52 bits per heavy atom. The third-order valence-electron chi connectivity index (χ3n) is 4.37. The minimum absolute atomic E-state index is 0.0377. The Balaban J connectivity index is 1.95. The molecule has 1 aliphatic heterocycles. The van der Waals surface area contributed by atoms with Crippen LogP contribution in [-0.2, 0) is 9.48 Å². The minimum atomic E-state index is -0.136. The van der Waals surface area contributed by atoms with Crippen molar-refractivity contribution in [1.82, 2.24) is 9.97 Å². The van der Waals surface area contributed by atoms with E-state index in [0.717, 1.165) is 31.3 Å². The molecule has 1 aromatic heterocycles. The van der Waals surface area contributed by atoms with Crippen molar-refractivity contribution in [2.24, 2.45) is 0 Å². The van der Waals surface area contributed by atoms with Crippen LogP contribution in [0.25, 0.3) is 0 Å². The van der Waals surface area contributed by atoms with Gasteiger partial charge in [0.25, 0.3) is 0 Å². The summed E-state index contributed by atoms with van der Waals surface area (Å²) in [6.07, 6.45) is 4.71. The summed E-state index contributed by atoms with van der Waals surface area (Å²) >= 11 is 1.86. The fourth-order valence-electron chi connectivity index (χ4n) is 2.74. The zero-order chi connectivity index (χ0) is 16.4. The zero-order valence-electron chi connectivity index (χ0n) is 13.9. The summed E-state index contributed by atoms with van der Waals surface area (Å²) in [5, 5.41) is 0. The van der Waals surface area contributed by atoms with Crippen LogP contribution >= 0.6 is 32.5 Å². The standard InChI is InChI=1S/C16H24I2N3OS/c1-11-10-22-8-7-21(11)14-9-13(16(23-4)5-6-16)19-15(20-14)18-12(2)17-3/h9,11-12H,3,5-8,10H2,1-2,4H3/q-1/t11-,12?/m1/s1. The molecule has 23 heavy (non-hydrogen) atoms. The van der Waals surface area contributed by atoms with E-state index < -0.39 is 0 Å². The summed E-state index contributed by atoms with van der Waals surface area (Å²) in [6.45, 7) is 7.06. The number of hydrogen-bond acceptors (Lipinski definition) is 5. The van der Waals surface area contributed by atoms with Crippen LogP contribution in [0.5, 0.6) is 0 Å². The molecule has 1 aromatic rings. The third-order valence-corrected chi connectivity index (χ3v) is 12.7. The molecule has 2 heterocycles. The molecule has 0 radical (unpaired) electrons. The van der Waals surface area contributed by atoms with E-state index in [4.69, 9.17) is 14.7 Å². The van der Waals surface area contributed by atoms with Crippen molar-refractivity contribution < 1.29 is 25.9 Å². The number of rotatable bonds is 6. The van der Waals surface area contributed by atoms with Gasteiger partial charge in [-0.3, -0.25) is 0 Å². The Morgan fingerprint density at radius 2 is 2.30 bits per heavy atom. The van der Waals surface area contributed by atoms with E-state index in [2.05, 4.69) is 35.6 Å². The van der Waals surface area contributed by atoms with Gasteiger partial charge in [0, 0.05) is 0 Å². The molecule has 0 spiro atoms. The van der Waals surface area contributed by atoms with E-state index in [1.165, 1.54) is 18.5 Å². The number of anilines is 1. The second-order valence-electron chi connectivity index (χ2n) is 5.98. The van der Waals surface area contributed by atoms with Crippen LogP contribution in [0.3, 0.4) is 0 Å². The Kier molecular flexibility index (Phi) is 6.23. The van der Waals surface area contributed by atoms with Crippen LogP contribution in [0, 0.1) is 3.83 Å². The van der Waals surface area contributed by atoms with E-state index in [-0.39, 0.29) is 46.7 Å². The fraction of sp³-hybridized carbons (Fsp3) is 0.688. The predicted molar refractivity (Wildman–Crippen MR) is 103 cm³/mol. The zero-order valence-corrected chi connectivity index (χ0v) is 19.0. The van der Waals surface area contributed by atoms with Gasteiger partial charge in [0.15, 0.2) is 0 Å². The van der Waals surface area contributed by atoms with Crippen LogP contribution in [0.15, 0.2) is 6.07 Å². The molecule has 7 heteroatoms. The van der Waals surface area contributed by atoms with E-state index >= 15 is 0 Å². The molecular formula is C16H24I2N3OS-. The van der Waals surface area contributed by atoms with Crippen molar-refractivity contribution in [3.63, 3.8) is 0 Å². The molecule has 0 bridgehead atoms. The van der Waals surface area contributed by atoms with Crippen molar-refractivity contribution in [3.8, 4) is 0 Å². The molecule has 2 aliphatic rings. The number of hydrogen-bond donors (Lipinski definition) is 0. The van der Waals surface area contributed by atoms with Crippen molar-refractivity contribution >= 4 is 42.8 Å². The molecule has 0 aromatic carbocycles. The number of thioether (sulfide) groups is 1. The van der Waals surface area contributed by atoms with E-state index in [9.17, 15) is 0 Å². The SMILES string of the molecule is C=IC(C)[I-]c1nc(N2CCOC[C@H]2C)cc(C2(SC)CC2)n1. The van der Waals surface area contributed by atoms with Crippen molar-refractivity contribution in [2.75, 3.05) is 30.9 Å². The number of alkyl halides is 2. The van der Waals surface area contributed by atoms with Crippen LogP contribution in [0.4, 0.5) is 5.82 Å². The van der Waals surface area contributed by atoms with Crippen LogP contribution in [0.2, 0.25) is 0 Å². The van der Waals surface area contributed by atoms with Crippen LogP contribution in [0.1, 0.15) is 32.4 Å². The summed E-state index contributed by atoms with van der Waals surface area (Å²) in [6, 6.07) is 2.64. The van der Waals surface area contributed by atoms with Gasteiger partial charge in [-0.1, -0.05) is 0 Å². The summed E-state index contributed by atoms with van der Waals surface area (Å²) in [4.78, 5) is 12.4. The summed E-state index contributed by atoms with van der Waals surface area (Å²) < 4.78 is 11.9. The second-order valence-corrected chi connectivity index (χ2v) is 15.8. The first kappa shape index (κ1) is 18.3. The number of halogens is 2. The monoisotopic (exact) mass is 560 g/mol. The van der Waals surface area contributed by atoms with Gasteiger partial charge >= 0.3 is 165 Å². The Hall–Kier alpha value is 0.520. The van der Waals surface area contributed by atoms with Gasteiger partial charge in [0.2, 0.25) is 0 Å². The van der Waals surface area contributed by atoms with Gasteiger partial charge in [-0.05, 0) is 0 Å². The van der Waals surface area contributed by atoms with Crippen LogP contribution < -0.4 is 26.1 Å². The average Bonchev–Trinajstić information content (AvgIpc) is 3.36. The van der Waals surface area contributed by atoms with Gasteiger partial charge in [-0.15, -0.1) is 0 Å². The average molecular weight is 560 g/mol. The molecule has 1 saturated heterocycles. The van der Waals surface area contributed by atoms with E-state index in [1.54, 1.807) is 0 Å². The predicted octanol–water partition coefficient (Wildman–Crippen LogP) is 0.0611. The van der Waals surface area contributed by atoms with Gasteiger partial charge < -0.3 is 0 Å². The van der Waals surface area contributed by atoms with E-state index in [0.29, 0.717) is 6.04 Å². The molecule has 1 unspecified atom stereocenters. The molecule has 2 fully saturated rings. The van der Waals surface area contributed by atoms with Gasteiger partial charge in [0.05, 0.1) is 0 Å². The number of morpholine rings is 1. The van der Waals surface area contributed by atoms with Gasteiger partial charge in [0.1, 0.15) is 0 Å². The normalized spacial score (nSPS) is 24.7. The second kappa shape index (κ2) is 7.82. The topological polar surface area (TPSA) is 38.2 Å². The Labute approximate surface area is 163 Å². The fourth-order valence-corrected chi connectivity index (χ4v) is 7.82. The number of aromatic nitrogens is 2. The third kappa shape index (κ3) is 4.20. The first-order valence-corrected chi connectivity index (χ1v) is 14.2. The van der Waals surface area contributed by atoms with Crippen molar-refractivity contribution in [2.45, 2.75) is 39.4 Å². The van der Waals surface area contributed by atoms with Crippen molar-refractivity contribution in [1.29, 1.82) is 0 Å². The Morgan fingerprint density at radius 3 is 2.91 bits per heavy atom. The molecular weight excluding hydrogens is 536 g/mol. The molecule has 4 nitrogen and oxygen atoms in total. The molecule has 1 saturated carbocycles. The van der Waals surface area contributed by atoms with Crippen LogP contribution in [-0.4, -0.2) is 48.5 Å². The maximum absolute atomic E-state index is 5.59. The first-order chi connectivity index (χ1) is 11.1.